The predicted molar refractivity (Wildman–Crippen MR) is 413 cm³/mol. The van der Waals surface area contributed by atoms with Crippen LogP contribution in [0.25, 0.3) is 0 Å². The molecule has 12 atom stereocenters. The van der Waals surface area contributed by atoms with Gasteiger partial charge in [0.2, 0.25) is 0 Å². The third-order valence-corrected chi connectivity index (χ3v) is 35.4. The molecule has 12 unspecified atom stereocenters. The van der Waals surface area contributed by atoms with E-state index in [9.17, 15) is 10.2 Å². The summed E-state index contributed by atoms with van der Waals surface area (Å²) in [6.45, 7) is 75.6. The van der Waals surface area contributed by atoms with Crippen LogP contribution < -0.4 is 37.3 Å². The number of hydrogen-bond donors (Lipinski definition) is 2. The topological polar surface area (TPSA) is 49.7 Å². The van der Waals surface area contributed by atoms with Crippen molar-refractivity contribution in [3.63, 3.8) is 0 Å². The molecule has 0 spiro atoms. The molecular weight excluding hydrogens is 1430 g/mol. The summed E-state index contributed by atoms with van der Waals surface area (Å²) in [4.78, 5) is 0. The van der Waals surface area contributed by atoms with Gasteiger partial charge < -0.3 is 69.1 Å². The fourth-order valence-electron chi connectivity index (χ4n) is 16.5. The molecule has 0 bridgehead atoms. The number of ether oxygens (including phenoxy) is 1. The Balaban J connectivity index is -0.000000169. The molecule has 3 nitrogen and oxygen atoms in total. The van der Waals surface area contributed by atoms with Crippen LogP contribution >= 0.6 is 42.6 Å². The number of aryl methyl sites for hydroxylation is 3. The summed E-state index contributed by atoms with van der Waals surface area (Å²) >= 11 is -0.556. The number of rotatable bonds is 9. The van der Waals surface area contributed by atoms with E-state index in [4.69, 9.17) is 23.3 Å². The largest absolute Gasteiger partial charge is 3.00 e. The second-order valence-corrected chi connectivity index (χ2v) is 47.6. The van der Waals surface area contributed by atoms with Gasteiger partial charge in [-0.3, -0.25) is 0 Å². The van der Waals surface area contributed by atoms with Crippen molar-refractivity contribution in [2.24, 2.45) is 71.0 Å². The van der Waals surface area contributed by atoms with Crippen LogP contribution in [-0.4, -0.2) is 64.1 Å². The molecule has 6 rings (SSSR count). The summed E-state index contributed by atoms with van der Waals surface area (Å²) in [6, 6.07) is 13.7. The van der Waals surface area contributed by atoms with Crippen molar-refractivity contribution in [3.8, 4) is 17.2 Å². The Kier molecular flexibility index (Phi) is 49.1. The van der Waals surface area contributed by atoms with E-state index in [1.807, 2.05) is 6.08 Å². The van der Waals surface area contributed by atoms with Crippen molar-refractivity contribution in [2.45, 2.75) is 246 Å². The molecule has 3 saturated carbocycles. The van der Waals surface area contributed by atoms with Crippen LogP contribution in [0.5, 0.6) is 17.2 Å². The minimum Gasteiger partial charge on any atom is 2.00 e. The van der Waals surface area contributed by atoms with Gasteiger partial charge in [0.15, 0.2) is 0 Å². The van der Waals surface area contributed by atoms with Crippen molar-refractivity contribution in [2.75, 3.05) is 6.61 Å². The van der Waals surface area contributed by atoms with Crippen molar-refractivity contribution >= 4 is 105 Å². The van der Waals surface area contributed by atoms with E-state index in [2.05, 4.69) is 248 Å². The fraction of sp³-hybridized carbons (Fsp3) is 0.667. The van der Waals surface area contributed by atoms with E-state index in [0.717, 1.165) is 105 Å². The minimum absolute atomic E-state index is 0. The maximum atomic E-state index is 11.2. The van der Waals surface area contributed by atoms with Crippen LogP contribution in [0.2, 0.25) is 55.9 Å². The molecule has 13 heteroatoms. The van der Waals surface area contributed by atoms with E-state index in [1.165, 1.54) is 37.8 Å². The SMILES string of the molecule is C.C=CCOc1c(C(C)(C)C)cc(C)cc1[Si](C)(C)C1C(C)C(C)C(C)C1C.Cc1cc(C(C)(C)C)c(O)c([Si](C)(C)C2C(C)C(C)C(C)C2C)c1.Cc1cc(C(C)(C)C)c(O)c([Si](C)(C)C2C(C)C(C)C(C)C2C)c1.I.[Br-].[CH3-].[CH3-].[CH3-].[CH3-].[CH3-].[Cl][Ti][Cl].[Mg+2].[Ti+3]. The third-order valence-electron chi connectivity index (χ3n) is 22.0. The van der Waals surface area contributed by atoms with Gasteiger partial charge in [0.1, 0.15) is 23.9 Å². The van der Waals surface area contributed by atoms with E-state index >= 15 is 0 Å². The summed E-state index contributed by atoms with van der Waals surface area (Å²) in [5, 5.41) is 26.4. The molecule has 0 amide bonds. The van der Waals surface area contributed by atoms with Gasteiger partial charge in [-0.2, -0.15) is 0 Å². The first kappa shape index (κ1) is 105. The van der Waals surface area contributed by atoms with Crippen LogP contribution in [0.4, 0.5) is 0 Å². The monoisotopic (exact) mass is 1570 g/mol. The number of phenols is 2. The number of benzene rings is 3. The molecule has 0 heterocycles. The van der Waals surface area contributed by atoms with Crippen molar-refractivity contribution in [1.82, 2.24) is 0 Å². The number of aromatic hydroxyl groups is 2. The average Bonchev–Trinajstić information content (AvgIpc) is 3.74. The molecule has 3 fully saturated rings. The van der Waals surface area contributed by atoms with Crippen LogP contribution in [0.15, 0.2) is 49.1 Å². The quantitative estimate of drug-likeness (QED) is 0.0972. The Morgan fingerprint density at radius 2 is 0.648 bits per heavy atom. The zero-order chi connectivity index (χ0) is 60.7. The third kappa shape index (κ3) is 23.3. The van der Waals surface area contributed by atoms with Crippen LogP contribution in [0.1, 0.15) is 186 Å². The van der Waals surface area contributed by atoms with E-state index in [0.29, 0.717) is 18.1 Å². The van der Waals surface area contributed by atoms with E-state index in [-0.39, 0.29) is 147 Å². The molecule has 3 aromatic carbocycles. The summed E-state index contributed by atoms with van der Waals surface area (Å²) in [7, 11) is 4.44. The van der Waals surface area contributed by atoms with Crippen LogP contribution in [0.3, 0.4) is 0 Å². The Hall–Kier alpha value is 1.44. The first-order chi connectivity index (χ1) is 35.3. The Morgan fingerprint density at radius 3 is 0.852 bits per heavy atom. The summed E-state index contributed by atoms with van der Waals surface area (Å²) in [5.41, 5.74) is 9.74. The molecule has 88 heavy (non-hydrogen) atoms. The Morgan fingerprint density at radius 1 is 0.455 bits per heavy atom. The van der Waals surface area contributed by atoms with Crippen molar-refractivity contribution in [1.29, 1.82) is 0 Å². The molecule has 0 aromatic heterocycles. The van der Waals surface area contributed by atoms with Gasteiger partial charge in [-0.1, -0.05) is 258 Å². The molecule has 507 valence electrons. The van der Waals surface area contributed by atoms with Gasteiger partial charge in [0.25, 0.3) is 0 Å². The molecule has 3 aliphatic rings. The summed E-state index contributed by atoms with van der Waals surface area (Å²) < 4.78 is 6.39. The average molecular weight is 1570 g/mol. The maximum absolute atomic E-state index is 11.2. The van der Waals surface area contributed by atoms with Gasteiger partial charge in [-0.25, -0.2) is 0 Å². The Bertz CT molecular complexity index is 2360. The van der Waals surface area contributed by atoms with Crippen LogP contribution in [0, 0.1) is 129 Å². The van der Waals surface area contributed by atoms with Crippen molar-refractivity contribution < 1.29 is 70.7 Å². The zero-order valence-electron chi connectivity index (χ0n) is 62.7. The van der Waals surface area contributed by atoms with Crippen molar-refractivity contribution in [3.05, 3.63) is 120 Å². The summed E-state index contributed by atoms with van der Waals surface area (Å²) in [5.74, 6) is 11.4. The molecule has 0 aliphatic heterocycles. The molecule has 3 aromatic rings. The molecule has 1 radical (unpaired) electrons. The van der Waals surface area contributed by atoms with E-state index < -0.39 is 41.3 Å². The molecule has 2 N–H and O–H groups in total. The minimum atomic E-state index is -1.79. The predicted octanol–water partition coefficient (Wildman–Crippen LogP) is 19.9. The first-order valence-electron chi connectivity index (χ1n) is 30.4. The number of halogens is 4. The summed E-state index contributed by atoms with van der Waals surface area (Å²) in [6.07, 6.45) is 1.87. The van der Waals surface area contributed by atoms with E-state index in [1.54, 1.807) is 0 Å². The second kappa shape index (κ2) is 41.0. The fourth-order valence-corrected chi connectivity index (χ4v) is 31.4. The Labute approximate surface area is 629 Å². The smallest absolute Gasteiger partial charge is 2.00 e. The molecule has 0 saturated heterocycles. The second-order valence-electron chi connectivity index (χ2n) is 31.1. The first-order valence-corrected chi connectivity index (χ1v) is 43.9. The van der Waals surface area contributed by atoms with Gasteiger partial charge in [-0.05, 0) is 157 Å². The number of hydrogen-bond acceptors (Lipinski definition) is 3. The standard InChI is InChI=1S/C25H42OSi.2C22H38OSi.CH4.5CH3.BrH.2ClH.HI.Mg.2Ti/c1-12-13-26-23-21(25(7,8)9)14-16(2)15-22(23)27(10,11)24-19(5)17(3)18(4)20(24)6;2*1-13-11-18(22(6,7)8)20(23)19(12-13)24(9,10)21-16(4)14(2)15(3)17(21)5;;;;;;;;;;;;;/h12,14-15,17-20,24H,1,13H2,2-11H3;2*11-12,14-17,21,23H,1-10H3;1H4;5*1H3;4*1H;;;/q;;;;5*-1;;;;;2*+2;+3/p-3. The molecule has 3 aliphatic carbocycles. The zero-order valence-corrected chi connectivity index (χ0v) is 75.6. The van der Waals surface area contributed by atoms with Gasteiger partial charge >= 0.3 is 80.4 Å². The van der Waals surface area contributed by atoms with Gasteiger partial charge in [0.05, 0.1) is 24.2 Å². The van der Waals surface area contributed by atoms with Crippen LogP contribution in [-0.2, 0) is 55.0 Å². The maximum Gasteiger partial charge on any atom is 3.00 e. The molecular formula is C75H138BrCl2IMgO3Si3Ti2-. The van der Waals surface area contributed by atoms with Gasteiger partial charge in [0, 0.05) is 0 Å². The normalized spacial score (nSPS) is 26.2. The number of phenolic OH excluding ortho intramolecular Hbond substituents is 2. The van der Waals surface area contributed by atoms with Gasteiger partial charge in [-0.15, -0.1) is 24.0 Å².